The van der Waals surface area contributed by atoms with Crippen LogP contribution in [0.4, 0.5) is 5.13 Å². The number of nitrogen functional groups attached to an aromatic ring is 1. The molecule has 3 rings (SSSR count). The summed E-state index contributed by atoms with van der Waals surface area (Å²) in [6, 6.07) is -1.02. The third-order valence-corrected chi connectivity index (χ3v) is 7.32. The van der Waals surface area contributed by atoms with Gasteiger partial charge in [0.25, 0.3) is 11.8 Å². The Kier molecular flexibility index (Phi) is 9.70. The molecule has 1 aromatic heterocycles. The Morgan fingerprint density at radius 3 is 2.63 bits per heavy atom. The first-order valence-electron chi connectivity index (χ1n) is 11.3. The smallest absolute Gasteiger partial charge is 0.358 e. The van der Waals surface area contributed by atoms with Crippen molar-refractivity contribution in [1.29, 1.82) is 0 Å². The van der Waals surface area contributed by atoms with Gasteiger partial charge >= 0.3 is 11.9 Å². The van der Waals surface area contributed by atoms with E-state index < -0.39 is 53.1 Å². The van der Waals surface area contributed by atoms with E-state index in [-0.39, 0.29) is 29.7 Å². The second kappa shape index (κ2) is 12.6. The molecule has 4 N–H and O–H groups in total. The summed E-state index contributed by atoms with van der Waals surface area (Å²) in [6.45, 7) is 4.95. The molecule has 2 aliphatic rings. The van der Waals surface area contributed by atoms with E-state index in [1.165, 1.54) is 29.2 Å². The van der Waals surface area contributed by atoms with Crippen LogP contribution < -0.4 is 11.1 Å². The fourth-order valence-corrected chi connectivity index (χ4v) is 5.24. The maximum atomic E-state index is 13.1. The predicted octanol–water partition coefficient (Wildman–Crippen LogP) is 0.311. The number of carbonyl (C=O) groups is 4. The summed E-state index contributed by atoms with van der Waals surface area (Å²) < 4.78 is 20.7. The molecule has 1 fully saturated rings. The number of hydrogen-bond acceptors (Lipinski definition) is 14. The first kappa shape index (κ1) is 29.3. The number of nitrogens with zero attached hydrogens (tertiary/aromatic N) is 3. The zero-order valence-corrected chi connectivity index (χ0v) is 22.8. The Morgan fingerprint density at radius 1 is 1.29 bits per heavy atom. The van der Waals surface area contributed by atoms with E-state index in [1.807, 2.05) is 0 Å². The number of thioether (sulfide) groups is 1. The predicted molar refractivity (Wildman–Crippen MR) is 136 cm³/mol. The summed E-state index contributed by atoms with van der Waals surface area (Å²) in [5.41, 5.74) is 4.88. The average molecular weight is 572 g/mol. The highest BCUT2D eigenvalue weighted by Crippen LogP contribution is 2.40. The van der Waals surface area contributed by atoms with Crippen molar-refractivity contribution < 1.29 is 43.3 Å². The second-order valence-electron chi connectivity index (χ2n) is 9.11. The third kappa shape index (κ3) is 6.61. The molecule has 0 aromatic carbocycles. The van der Waals surface area contributed by atoms with Crippen LogP contribution in [0, 0.1) is 5.41 Å². The zero-order valence-electron chi connectivity index (χ0n) is 21.2. The van der Waals surface area contributed by atoms with Crippen molar-refractivity contribution >= 4 is 57.7 Å². The zero-order chi connectivity index (χ0) is 28.0. The number of nitrogens with one attached hydrogen (secondary N) is 1. The molecule has 2 aliphatic heterocycles. The van der Waals surface area contributed by atoms with Crippen molar-refractivity contribution in [2.24, 2.45) is 10.6 Å². The number of hydrogen-bond donors (Lipinski definition) is 3. The molecule has 1 aromatic rings. The molecule has 2 atom stereocenters. The second-order valence-corrected chi connectivity index (χ2v) is 11.1. The number of thiazole rings is 1. The number of anilines is 1. The molecule has 208 valence electrons. The Bertz CT molecular complexity index is 1140. The van der Waals surface area contributed by atoms with Crippen LogP contribution in [-0.2, 0) is 38.1 Å². The van der Waals surface area contributed by atoms with Gasteiger partial charge in [0.1, 0.15) is 22.8 Å². The van der Waals surface area contributed by atoms with Gasteiger partial charge < -0.3 is 35.2 Å². The number of β-lactam (4-membered cyclic amide) rings is 1. The summed E-state index contributed by atoms with van der Waals surface area (Å²) >= 11 is 2.36. The molecule has 1 saturated heterocycles. The minimum absolute atomic E-state index is 0.0304. The highest BCUT2D eigenvalue weighted by Gasteiger charge is 2.54. The number of methoxy groups -OCH3 is 1. The van der Waals surface area contributed by atoms with Crippen molar-refractivity contribution in [3.63, 3.8) is 0 Å². The van der Waals surface area contributed by atoms with Crippen LogP contribution in [0.5, 0.6) is 0 Å². The Morgan fingerprint density at radius 2 is 2.03 bits per heavy atom. The Labute approximate surface area is 226 Å². The van der Waals surface area contributed by atoms with E-state index in [0.717, 1.165) is 11.3 Å². The Hall–Kier alpha value is -3.21. The van der Waals surface area contributed by atoms with Gasteiger partial charge in [-0.1, -0.05) is 5.16 Å². The number of nitrogens with two attached hydrogens (primary N) is 1. The molecule has 0 saturated carbocycles. The largest absolute Gasteiger partial charge is 0.427 e. The number of rotatable bonds is 11. The van der Waals surface area contributed by atoms with Crippen molar-refractivity contribution in [3.05, 3.63) is 22.3 Å². The van der Waals surface area contributed by atoms with Crippen LogP contribution in [0.1, 0.15) is 26.5 Å². The van der Waals surface area contributed by atoms with Gasteiger partial charge in [-0.3, -0.25) is 19.3 Å². The quantitative estimate of drug-likeness (QED) is 0.0627. The van der Waals surface area contributed by atoms with E-state index in [1.54, 1.807) is 20.8 Å². The highest BCUT2D eigenvalue weighted by molar-refractivity contribution is 8.00. The van der Waals surface area contributed by atoms with Gasteiger partial charge in [-0.2, -0.15) is 0 Å². The number of fused-ring (bicyclic) bond motifs is 1. The van der Waals surface area contributed by atoms with Crippen LogP contribution in [0.2, 0.25) is 0 Å². The van der Waals surface area contributed by atoms with Crippen LogP contribution in [0.3, 0.4) is 0 Å². The van der Waals surface area contributed by atoms with Gasteiger partial charge in [0.05, 0.1) is 25.2 Å². The summed E-state index contributed by atoms with van der Waals surface area (Å²) in [6.07, 6.45) is 0. The molecule has 0 radical (unpaired) electrons. The molecular weight excluding hydrogens is 542 g/mol. The SMILES string of the molecule is COCCOCC1=C(C(=O)OCOC(=O)C(C)(C)C)N2C(=O)C(NC(=O)/C(=N\O)c3csc(N)n3)[C@@H]2SC1. The van der Waals surface area contributed by atoms with Crippen molar-refractivity contribution in [2.75, 3.05) is 45.2 Å². The minimum Gasteiger partial charge on any atom is -0.427 e. The van der Waals surface area contributed by atoms with Gasteiger partial charge in [0, 0.05) is 18.2 Å². The van der Waals surface area contributed by atoms with Crippen LogP contribution in [-0.4, -0.2) is 95.4 Å². The summed E-state index contributed by atoms with van der Waals surface area (Å²) in [7, 11) is 1.52. The van der Waals surface area contributed by atoms with Crippen molar-refractivity contribution in [3.8, 4) is 0 Å². The van der Waals surface area contributed by atoms with Gasteiger partial charge in [-0.15, -0.1) is 23.1 Å². The molecule has 0 aliphatic carbocycles. The summed E-state index contributed by atoms with van der Waals surface area (Å²) in [5, 5.41) is 15.8. The lowest BCUT2D eigenvalue weighted by Crippen LogP contribution is -2.71. The lowest BCUT2D eigenvalue weighted by atomic mass is 9.98. The molecule has 0 spiro atoms. The molecule has 3 heterocycles. The molecule has 1 unspecified atom stereocenters. The first-order valence-corrected chi connectivity index (χ1v) is 13.2. The van der Waals surface area contributed by atoms with Crippen LogP contribution in [0.15, 0.2) is 21.8 Å². The number of oxime groups is 1. The number of aromatic nitrogens is 1. The van der Waals surface area contributed by atoms with Crippen molar-refractivity contribution in [2.45, 2.75) is 32.2 Å². The molecule has 0 bridgehead atoms. The number of ether oxygens (including phenoxy) is 4. The van der Waals surface area contributed by atoms with E-state index >= 15 is 0 Å². The topological polar surface area (TPSA) is 192 Å². The standard InChI is InChI=1S/C22H29N5O9S2/c1-22(2,3)20(31)36-10-35-19(30)15-11(7-34-6-5-33-4)8-37-18-14(17(29)27(15)18)25-16(28)13(26-32)12-9-38-21(23)24-12/h9,14,18,32H,5-8,10H2,1-4H3,(H2,23,24)(H,25,28)/b26-13-/t14?,18-/m0/s1. The van der Waals surface area contributed by atoms with E-state index in [9.17, 15) is 24.4 Å². The molecule has 2 amide bonds. The average Bonchev–Trinajstić information content (AvgIpc) is 3.29. The van der Waals surface area contributed by atoms with E-state index in [4.69, 9.17) is 24.7 Å². The molecule has 16 heteroatoms. The van der Waals surface area contributed by atoms with Gasteiger partial charge in [-0.25, -0.2) is 9.78 Å². The van der Waals surface area contributed by atoms with Crippen LogP contribution >= 0.6 is 23.1 Å². The van der Waals surface area contributed by atoms with Gasteiger partial charge in [0.2, 0.25) is 6.79 Å². The van der Waals surface area contributed by atoms with Crippen LogP contribution in [0.25, 0.3) is 0 Å². The Balaban J connectivity index is 1.73. The summed E-state index contributed by atoms with van der Waals surface area (Å²) in [4.78, 5) is 56.0. The maximum absolute atomic E-state index is 13.1. The maximum Gasteiger partial charge on any atom is 0.358 e. The molecular formula is C22H29N5O9S2. The fraction of sp³-hybridized carbons (Fsp3) is 0.545. The van der Waals surface area contributed by atoms with E-state index in [2.05, 4.69) is 15.5 Å². The lowest BCUT2D eigenvalue weighted by molar-refractivity contribution is -0.173. The van der Waals surface area contributed by atoms with Gasteiger partial charge in [0.15, 0.2) is 10.8 Å². The minimum atomic E-state index is -1.02. The van der Waals surface area contributed by atoms with Gasteiger partial charge in [-0.05, 0) is 26.3 Å². The normalized spacial score (nSPS) is 19.5. The van der Waals surface area contributed by atoms with E-state index in [0.29, 0.717) is 17.9 Å². The van der Waals surface area contributed by atoms with Crippen molar-refractivity contribution in [1.82, 2.24) is 15.2 Å². The molecule has 14 nitrogen and oxygen atoms in total. The number of esters is 2. The summed E-state index contributed by atoms with van der Waals surface area (Å²) in [5.74, 6) is -2.57. The monoisotopic (exact) mass is 571 g/mol. The molecule has 38 heavy (non-hydrogen) atoms. The number of amides is 2. The number of carbonyl (C=O) groups excluding carboxylic acids is 4. The third-order valence-electron chi connectivity index (χ3n) is 5.31. The fourth-order valence-electron chi connectivity index (χ4n) is 3.36. The lowest BCUT2D eigenvalue weighted by Gasteiger charge is -2.49. The first-order chi connectivity index (χ1) is 18.0. The highest BCUT2D eigenvalue weighted by atomic mass is 32.2.